The van der Waals surface area contributed by atoms with Crippen LogP contribution in [0.4, 0.5) is 45.5 Å². The van der Waals surface area contributed by atoms with E-state index in [0.29, 0.717) is 0 Å². The lowest BCUT2D eigenvalue weighted by atomic mass is 9.33. The Bertz CT molecular complexity index is 4390. The molecule has 0 radical (unpaired) electrons. The number of benzene rings is 9. The van der Waals surface area contributed by atoms with E-state index in [1.807, 2.05) is 0 Å². The highest BCUT2D eigenvalue weighted by Crippen LogP contribution is 2.63. The SMILES string of the molecule is CC(C)(C)c1ccc2c(c1)B1c3ccc4c(oc5ccccc54)c3N(c3ccc(C(C)(C)C)cc3-c3ccccc3)c3cc(N4c5ccc(C(C)(C)C)cc5C5(C)CCCCC45C)cc(c31)N2c1cccc2oc3ccccc3c12. The van der Waals surface area contributed by atoms with Crippen LogP contribution >= 0.6 is 0 Å². The van der Waals surface area contributed by atoms with E-state index in [9.17, 15) is 0 Å². The van der Waals surface area contributed by atoms with E-state index in [-0.39, 0.29) is 33.9 Å². The van der Waals surface area contributed by atoms with E-state index in [1.165, 1.54) is 85.4 Å². The third kappa shape index (κ3) is 6.90. The van der Waals surface area contributed by atoms with Crippen LogP contribution in [0.2, 0.25) is 0 Å². The fraction of sp³-hybridized carbons (Fsp3) is 0.270. The first-order valence-electron chi connectivity index (χ1n) is 29.2. The van der Waals surface area contributed by atoms with Gasteiger partial charge in [-0.25, -0.2) is 0 Å². The summed E-state index contributed by atoms with van der Waals surface area (Å²) in [6.07, 6.45) is 4.61. The van der Waals surface area contributed by atoms with Crippen LogP contribution in [0.1, 0.15) is 124 Å². The van der Waals surface area contributed by atoms with Crippen molar-refractivity contribution in [2.24, 2.45) is 0 Å². The van der Waals surface area contributed by atoms with Crippen molar-refractivity contribution in [3.05, 3.63) is 198 Å². The molecule has 0 N–H and O–H groups in total. The summed E-state index contributed by atoms with van der Waals surface area (Å²) in [6.45, 7) is 26.1. The quantitative estimate of drug-likeness (QED) is 0.164. The Hall–Kier alpha value is -7.96. The molecule has 2 aromatic heterocycles. The normalized spacial score (nSPS) is 18.7. The minimum absolute atomic E-state index is 0.00276. The number of nitrogens with zero attached hydrogens (tertiary/aromatic N) is 3. The molecule has 11 aromatic rings. The van der Waals surface area contributed by atoms with Crippen molar-refractivity contribution < 1.29 is 8.83 Å². The van der Waals surface area contributed by atoms with Crippen LogP contribution in [0.15, 0.2) is 185 Å². The molecule has 6 heteroatoms. The molecule has 1 fully saturated rings. The topological polar surface area (TPSA) is 36.0 Å². The van der Waals surface area contributed by atoms with Gasteiger partial charge in [0.05, 0.1) is 28.0 Å². The van der Waals surface area contributed by atoms with Crippen molar-refractivity contribution >= 4 is 112 Å². The molecular weight excluding hydrogens is 974 g/mol. The minimum atomic E-state index is -0.225. The zero-order valence-electron chi connectivity index (χ0n) is 48.3. The second-order valence-electron chi connectivity index (χ2n) is 27.2. The van der Waals surface area contributed by atoms with Crippen LogP contribution in [0.5, 0.6) is 0 Å². The van der Waals surface area contributed by atoms with Crippen LogP contribution < -0.4 is 31.1 Å². The van der Waals surface area contributed by atoms with E-state index < -0.39 is 0 Å². The van der Waals surface area contributed by atoms with Gasteiger partial charge in [0.15, 0.2) is 5.58 Å². The van der Waals surface area contributed by atoms with Crippen molar-refractivity contribution in [1.29, 1.82) is 0 Å². The summed E-state index contributed by atoms with van der Waals surface area (Å²) < 4.78 is 14.1. The van der Waals surface area contributed by atoms with Crippen molar-refractivity contribution in [2.45, 2.75) is 129 Å². The van der Waals surface area contributed by atoms with Gasteiger partial charge in [-0.15, -0.1) is 0 Å². The highest BCUT2D eigenvalue weighted by molar-refractivity contribution is 7.00. The third-order valence-electron chi connectivity index (χ3n) is 19.5. The van der Waals surface area contributed by atoms with E-state index >= 15 is 0 Å². The van der Waals surface area contributed by atoms with Crippen LogP contribution in [-0.4, -0.2) is 12.3 Å². The lowest BCUT2D eigenvalue weighted by Crippen LogP contribution is -2.61. The van der Waals surface area contributed by atoms with Gasteiger partial charge in [0.25, 0.3) is 6.71 Å². The molecule has 2 unspecified atom stereocenters. The number of anilines is 8. The van der Waals surface area contributed by atoms with Gasteiger partial charge < -0.3 is 23.5 Å². The Kier molecular flexibility index (Phi) is 10.3. The Morgan fingerprint density at radius 2 is 1.05 bits per heavy atom. The second kappa shape index (κ2) is 16.8. The average Bonchev–Trinajstić information content (AvgIpc) is 1.86. The second-order valence-corrected chi connectivity index (χ2v) is 27.2. The van der Waals surface area contributed by atoms with E-state index in [0.717, 1.165) is 79.5 Å². The lowest BCUT2D eigenvalue weighted by molar-refractivity contribution is 0.195. The fourth-order valence-corrected chi connectivity index (χ4v) is 14.9. The third-order valence-corrected chi connectivity index (χ3v) is 19.5. The maximum Gasteiger partial charge on any atom is 0.252 e. The summed E-state index contributed by atoms with van der Waals surface area (Å²) in [5, 5.41) is 4.46. The number of fused-ring (bicyclic) bond motifs is 14. The Morgan fingerprint density at radius 3 is 1.77 bits per heavy atom. The van der Waals surface area contributed by atoms with Crippen LogP contribution in [-0.2, 0) is 21.7 Å². The van der Waals surface area contributed by atoms with E-state index in [4.69, 9.17) is 8.83 Å². The smallest absolute Gasteiger partial charge is 0.252 e. The van der Waals surface area contributed by atoms with Crippen LogP contribution in [0, 0.1) is 0 Å². The number of rotatable bonds is 4. The van der Waals surface area contributed by atoms with Gasteiger partial charge in [-0.2, -0.15) is 0 Å². The first kappa shape index (κ1) is 49.1. The molecule has 0 amide bonds. The summed E-state index contributed by atoms with van der Waals surface area (Å²) in [5.74, 6) is 0. The van der Waals surface area contributed by atoms with E-state index in [2.05, 4.69) is 267 Å². The van der Waals surface area contributed by atoms with Gasteiger partial charge in [-0.1, -0.05) is 197 Å². The number of hydrogen-bond acceptors (Lipinski definition) is 5. The molecule has 0 bridgehead atoms. The molecule has 1 aliphatic carbocycles. The monoisotopic (exact) mass is 1040 g/mol. The zero-order valence-corrected chi connectivity index (χ0v) is 48.3. The maximum atomic E-state index is 7.36. The molecular formula is C74H70BN3O2. The van der Waals surface area contributed by atoms with Gasteiger partial charge in [0.1, 0.15) is 16.7 Å². The first-order chi connectivity index (χ1) is 38.3. The van der Waals surface area contributed by atoms with Gasteiger partial charge in [-0.05, 0) is 141 Å². The average molecular weight is 1040 g/mol. The van der Waals surface area contributed by atoms with Gasteiger partial charge in [0, 0.05) is 55.6 Å². The molecule has 5 heterocycles. The number of hydrogen-bond donors (Lipinski definition) is 0. The number of furan rings is 2. The van der Waals surface area contributed by atoms with E-state index in [1.54, 1.807) is 0 Å². The molecule has 2 atom stereocenters. The summed E-state index contributed by atoms with van der Waals surface area (Å²) >= 11 is 0. The molecule has 5 nitrogen and oxygen atoms in total. The first-order valence-corrected chi connectivity index (χ1v) is 29.2. The summed E-state index contributed by atoms with van der Waals surface area (Å²) in [6, 6.07) is 66.9. The molecule has 80 heavy (non-hydrogen) atoms. The van der Waals surface area contributed by atoms with Crippen LogP contribution in [0.3, 0.4) is 0 Å². The van der Waals surface area contributed by atoms with Gasteiger partial charge in [0.2, 0.25) is 0 Å². The fourth-order valence-electron chi connectivity index (χ4n) is 14.9. The van der Waals surface area contributed by atoms with Crippen molar-refractivity contribution in [3.8, 4) is 11.1 Å². The predicted octanol–water partition coefficient (Wildman–Crippen LogP) is 18.9. The molecule has 3 aliphatic heterocycles. The van der Waals surface area contributed by atoms with Crippen molar-refractivity contribution in [2.75, 3.05) is 14.7 Å². The highest BCUT2D eigenvalue weighted by atomic mass is 16.3. The summed E-state index contributed by atoms with van der Waals surface area (Å²) in [4.78, 5) is 8.07. The maximum absolute atomic E-state index is 7.36. The highest BCUT2D eigenvalue weighted by Gasteiger charge is 2.58. The summed E-state index contributed by atoms with van der Waals surface area (Å²) in [5.41, 5.74) is 23.9. The molecule has 15 rings (SSSR count). The standard InChI is InChI=1S/C74H70BN3O2/c1-70(2,3)46-30-35-57(53(40-46)45-22-13-12-14-23-45)77-62-44-49(78-58-36-31-47(71(4,5)6)41-54(58)73(10)38-19-20-39-74(73,78)11)43-61-67(62)75(55-34-33-51-50-24-15-17-27-63(50)80-69(51)68(55)77)56-42-48(72(7,8)9)32-37-59(56)76(61)60-26-21-29-65-66(60)52-25-16-18-28-64(52)79-65/h12-18,21-37,40-44H,19-20,38-39H2,1-11H3. The molecule has 0 saturated heterocycles. The Labute approximate surface area is 471 Å². The lowest BCUT2D eigenvalue weighted by Gasteiger charge is -2.51. The molecule has 9 aromatic carbocycles. The summed E-state index contributed by atoms with van der Waals surface area (Å²) in [7, 11) is 0. The van der Waals surface area contributed by atoms with Crippen molar-refractivity contribution in [1.82, 2.24) is 0 Å². The van der Waals surface area contributed by atoms with Crippen LogP contribution in [0.25, 0.3) is 55.0 Å². The molecule has 4 aliphatic rings. The van der Waals surface area contributed by atoms with Gasteiger partial charge in [-0.3, -0.25) is 0 Å². The molecule has 396 valence electrons. The number of para-hydroxylation sites is 2. The minimum Gasteiger partial charge on any atom is -0.456 e. The Balaban J connectivity index is 1.13. The predicted molar refractivity (Wildman–Crippen MR) is 339 cm³/mol. The molecule has 1 saturated carbocycles. The Morgan fingerprint density at radius 1 is 0.450 bits per heavy atom. The van der Waals surface area contributed by atoms with Crippen molar-refractivity contribution in [3.63, 3.8) is 0 Å². The zero-order chi connectivity index (χ0) is 55.0. The van der Waals surface area contributed by atoms with Gasteiger partial charge >= 0.3 is 0 Å². The largest absolute Gasteiger partial charge is 0.456 e. The molecule has 0 spiro atoms.